The summed E-state index contributed by atoms with van der Waals surface area (Å²) in [5.74, 6) is 0.970. The van der Waals surface area contributed by atoms with Gasteiger partial charge in [-0.25, -0.2) is 0 Å². The molecule has 0 bridgehead atoms. The molecular formula is C16H22N2O. The number of hydrogen-bond donors (Lipinski definition) is 1. The quantitative estimate of drug-likeness (QED) is 0.900. The summed E-state index contributed by atoms with van der Waals surface area (Å²) in [4.78, 5) is 14.1. The van der Waals surface area contributed by atoms with Crippen LogP contribution in [0.15, 0.2) is 24.3 Å². The van der Waals surface area contributed by atoms with E-state index in [1.54, 1.807) is 0 Å². The fourth-order valence-electron chi connectivity index (χ4n) is 2.93. The molecule has 1 saturated carbocycles. The van der Waals surface area contributed by atoms with E-state index in [1.807, 2.05) is 4.90 Å². The molecule has 2 fully saturated rings. The minimum atomic E-state index is 0.0824. The fourth-order valence-corrected chi connectivity index (χ4v) is 2.93. The SMILES string of the molecule is CCc1ccc(C2NCC(=O)N2CC2CCC2)cc1. The van der Waals surface area contributed by atoms with Gasteiger partial charge in [-0.2, -0.15) is 0 Å². The van der Waals surface area contributed by atoms with Gasteiger partial charge in [-0.15, -0.1) is 0 Å². The molecule has 1 aromatic rings. The number of hydrogen-bond acceptors (Lipinski definition) is 2. The Hall–Kier alpha value is -1.35. The van der Waals surface area contributed by atoms with Crippen LogP contribution in [0.25, 0.3) is 0 Å². The highest BCUT2D eigenvalue weighted by molar-refractivity contribution is 5.81. The van der Waals surface area contributed by atoms with Crippen LogP contribution in [0.3, 0.4) is 0 Å². The minimum absolute atomic E-state index is 0.0824. The van der Waals surface area contributed by atoms with Crippen molar-refractivity contribution < 1.29 is 4.79 Å². The van der Waals surface area contributed by atoms with Gasteiger partial charge in [0.05, 0.1) is 6.54 Å². The molecule has 1 aliphatic carbocycles. The molecule has 1 N–H and O–H groups in total. The van der Waals surface area contributed by atoms with Crippen molar-refractivity contribution in [3.8, 4) is 0 Å². The average molecular weight is 258 g/mol. The van der Waals surface area contributed by atoms with E-state index in [0.717, 1.165) is 18.9 Å². The predicted molar refractivity (Wildman–Crippen MR) is 75.6 cm³/mol. The van der Waals surface area contributed by atoms with Crippen molar-refractivity contribution in [2.45, 2.75) is 38.8 Å². The lowest BCUT2D eigenvalue weighted by Crippen LogP contribution is -2.36. The maximum absolute atomic E-state index is 12.0. The summed E-state index contributed by atoms with van der Waals surface area (Å²) >= 11 is 0. The van der Waals surface area contributed by atoms with Crippen molar-refractivity contribution in [1.29, 1.82) is 0 Å². The van der Waals surface area contributed by atoms with Crippen molar-refractivity contribution in [2.24, 2.45) is 5.92 Å². The molecule has 1 unspecified atom stereocenters. The van der Waals surface area contributed by atoms with Crippen LogP contribution >= 0.6 is 0 Å². The van der Waals surface area contributed by atoms with Crippen LogP contribution in [0.2, 0.25) is 0 Å². The summed E-state index contributed by atoms with van der Waals surface area (Å²) in [7, 11) is 0. The van der Waals surface area contributed by atoms with Crippen molar-refractivity contribution in [3.63, 3.8) is 0 Å². The van der Waals surface area contributed by atoms with Crippen LogP contribution in [0, 0.1) is 5.92 Å². The number of carbonyl (C=O) groups excluding carboxylic acids is 1. The predicted octanol–water partition coefficient (Wildman–Crippen LogP) is 2.48. The average Bonchev–Trinajstić information content (AvgIpc) is 2.75. The van der Waals surface area contributed by atoms with Crippen molar-refractivity contribution in [2.75, 3.05) is 13.1 Å². The molecule has 0 spiro atoms. The summed E-state index contributed by atoms with van der Waals surface area (Å²) < 4.78 is 0. The smallest absolute Gasteiger partial charge is 0.238 e. The summed E-state index contributed by atoms with van der Waals surface area (Å²) in [6.07, 6.45) is 5.04. The molecule has 1 saturated heterocycles. The van der Waals surface area contributed by atoms with Gasteiger partial charge in [0.2, 0.25) is 5.91 Å². The number of amides is 1. The molecule has 1 amide bonds. The van der Waals surface area contributed by atoms with Gasteiger partial charge in [0.1, 0.15) is 6.17 Å². The Morgan fingerprint density at radius 1 is 1.26 bits per heavy atom. The largest absolute Gasteiger partial charge is 0.322 e. The highest BCUT2D eigenvalue weighted by Gasteiger charge is 2.34. The van der Waals surface area contributed by atoms with E-state index >= 15 is 0 Å². The normalized spacial score (nSPS) is 23.7. The fraction of sp³-hybridized carbons (Fsp3) is 0.562. The van der Waals surface area contributed by atoms with Gasteiger partial charge in [0, 0.05) is 6.54 Å². The van der Waals surface area contributed by atoms with Crippen LogP contribution in [0.5, 0.6) is 0 Å². The van der Waals surface area contributed by atoms with Gasteiger partial charge in [0.25, 0.3) is 0 Å². The third kappa shape index (κ3) is 2.52. The maximum atomic E-state index is 12.0. The van der Waals surface area contributed by atoms with E-state index in [4.69, 9.17) is 0 Å². The molecule has 1 atom stereocenters. The summed E-state index contributed by atoms with van der Waals surface area (Å²) in [5, 5.41) is 3.34. The second-order valence-electron chi connectivity index (χ2n) is 5.72. The Morgan fingerprint density at radius 2 is 2.00 bits per heavy atom. The molecule has 0 aromatic heterocycles. The highest BCUT2D eigenvalue weighted by atomic mass is 16.2. The molecular weight excluding hydrogens is 236 g/mol. The first kappa shape index (κ1) is 12.7. The summed E-state index contributed by atoms with van der Waals surface area (Å²) in [6, 6.07) is 8.65. The van der Waals surface area contributed by atoms with Crippen molar-refractivity contribution >= 4 is 5.91 Å². The van der Waals surface area contributed by atoms with Gasteiger partial charge in [-0.3, -0.25) is 10.1 Å². The zero-order chi connectivity index (χ0) is 13.2. The van der Waals surface area contributed by atoms with Crippen molar-refractivity contribution in [3.05, 3.63) is 35.4 Å². The van der Waals surface area contributed by atoms with Crippen LogP contribution in [-0.4, -0.2) is 23.9 Å². The first-order valence-corrected chi connectivity index (χ1v) is 7.39. The number of benzene rings is 1. The van der Waals surface area contributed by atoms with Crippen LogP contribution < -0.4 is 5.32 Å². The zero-order valence-electron chi connectivity index (χ0n) is 11.6. The van der Waals surface area contributed by atoms with Gasteiger partial charge in [0.15, 0.2) is 0 Å². The number of nitrogens with one attached hydrogen (secondary N) is 1. The van der Waals surface area contributed by atoms with Crippen molar-refractivity contribution in [1.82, 2.24) is 10.2 Å². The topological polar surface area (TPSA) is 32.3 Å². The third-order valence-corrected chi connectivity index (χ3v) is 4.46. The summed E-state index contributed by atoms with van der Waals surface area (Å²) in [5.41, 5.74) is 2.56. The highest BCUT2D eigenvalue weighted by Crippen LogP contribution is 2.31. The Balaban J connectivity index is 1.74. The number of carbonyl (C=O) groups is 1. The zero-order valence-corrected chi connectivity index (χ0v) is 11.6. The van der Waals surface area contributed by atoms with Crippen LogP contribution in [0.4, 0.5) is 0 Å². The maximum Gasteiger partial charge on any atom is 0.238 e. The lowest BCUT2D eigenvalue weighted by molar-refractivity contribution is -0.129. The molecule has 1 aromatic carbocycles. The lowest BCUT2D eigenvalue weighted by Gasteiger charge is -2.33. The second-order valence-corrected chi connectivity index (χ2v) is 5.72. The second kappa shape index (κ2) is 5.33. The molecule has 0 radical (unpaired) electrons. The molecule has 3 nitrogen and oxygen atoms in total. The Morgan fingerprint density at radius 3 is 2.58 bits per heavy atom. The van der Waals surface area contributed by atoms with E-state index < -0.39 is 0 Å². The van der Waals surface area contributed by atoms with Crippen LogP contribution in [-0.2, 0) is 11.2 Å². The van der Waals surface area contributed by atoms with E-state index in [-0.39, 0.29) is 12.1 Å². The molecule has 19 heavy (non-hydrogen) atoms. The van der Waals surface area contributed by atoms with Crippen LogP contribution in [0.1, 0.15) is 43.5 Å². The molecule has 1 heterocycles. The monoisotopic (exact) mass is 258 g/mol. The Bertz CT molecular complexity index is 450. The molecule has 102 valence electrons. The molecule has 2 aliphatic rings. The first-order valence-electron chi connectivity index (χ1n) is 7.39. The van der Waals surface area contributed by atoms with E-state index in [9.17, 15) is 4.79 Å². The Kier molecular flexibility index (Phi) is 3.56. The Labute approximate surface area is 115 Å². The van der Waals surface area contributed by atoms with E-state index in [1.165, 1.54) is 30.4 Å². The molecule has 3 rings (SSSR count). The number of rotatable bonds is 4. The van der Waals surface area contributed by atoms with Gasteiger partial charge >= 0.3 is 0 Å². The van der Waals surface area contributed by atoms with Gasteiger partial charge < -0.3 is 4.90 Å². The number of nitrogens with zero attached hydrogens (tertiary/aromatic N) is 1. The number of aryl methyl sites for hydroxylation is 1. The van der Waals surface area contributed by atoms with Gasteiger partial charge in [-0.1, -0.05) is 37.6 Å². The van der Waals surface area contributed by atoms with Gasteiger partial charge in [-0.05, 0) is 36.3 Å². The first-order chi connectivity index (χ1) is 9.28. The van der Waals surface area contributed by atoms with E-state index in [0.29, 0.717) is 6.54 Å². The molecule has 3 heteroatoms. The lowest BCUT2D eigenvalue weighted by atomic mass is 9.85. The van der Waals surface area contributed by atoms with E-state index in [2.05, 4.69) is 36.5 Å². The molecule has 1 aliphatic heterocycles. The summed E-state index contributed by atoms with van der Waals surface area (Å²) in [6.45, 7) is 3.56. The standard InChI is InChI=1S/C16H22N2O/c1-2-12-6-8-14(9-7-12)16-17-10-15(19)18(16)11-13-4-3-5-13/h6-9,13,16-17H,2-5,10-11H2,1H3. The minimum Gasteiger partial charge on any atom is -0.322 e. The third-order valence-electron chi connectivity index (χ3n) is 4.46.